The second-order valence-electron chi connectivity index (χ2n) is 4.41. The van der Waals surface area contributed by atoms with E-state index in [0.29, 0.717) is 18.7 Å². The minimum Gasteiger partial charge on any atom is -0.352 e. The van der Waals surface area contributed by atoms with Gasteiger partial charge >= 0.3 is 0 Å². The third-order valence-corrected chi connectivity index (χ3v) is 3.33. The number of halogens is 1. The van der Waals surface area contributed by atoms with Crippen LogP contribution in [-0.2, 0) is 0 Å². The lowest BCUT2D eigenvalue weighted by Crippen LogP contribution is -2.24. The van der Waals surface area contributed by atoms with Crippen molar-refractivity contribution in [2.75, 3.05) is 13.1 Å². The summed E-state index contributed by atoms with van der Waals surface area (Å²) in [7, 11) is 0. The molecule has 0 saturated carbocycles. The number of carbonyl (C=O) groups is 1. The highest BCUT2D eigenvalue weighted by atomic mass is 79.9. The van der Waals surface area contributed by atoms with E-state index in [1.807, 2.05) is 24.3 Å². The van der Waals surface area contributed by atoms with Crippen LogP contribution in [0.5, 0.6) is 0 Å². The lowest BCUT2D eigenvalue weighted by molar-refractivity contribution is 0.0953. The molecule has 0 radical (unpaired) electrons. The average Bonchev–Trinajstić information content (AvgIpc) is 2.93. The number of amides is 1. The van der Waals surface area contributed by atoms with Gasteiger partial charge < -0.3 is 11.1 Å². The maximum atomic E-state index is 11.9. The molecular weight excluding hydrogens is 320 g/mol. The van der Waals surface area contributed by atoms with Gasteiger partial charge in [-0.15, -0.1) is 0 Å². The van der Waals surface area contributed by atoms with Crippen molar-refractivity contribution in [3.63, 3.8) is 0 Å². The maximum absolute atomic E-state index is 11.9. The average molecular weight is 337 g/mol. The van der Waals surface area contributed by atoms with Gasteiger partial charge in [0.1, 0.15) is 0 Å². The van der Waals surface area contributed by atoms with Crippen molar-refractivity contribution >= 4 is 21.8 Å². The maximum Gasteiger partial charge on any atom is 0.254 e. The molecule has 2 aromatic rings. The van der Waals surface area contributed by atoms with Crippen molar-refractivity contribution in [2.45, 2.75) is 12.8 Å². The van der Waals surface area contributed by atoms with Crippen LogP contribution in [0, 0.1) is 0 Å². The molecule has 0 atom stereocenters. The van der Waals surface area contributed by atoms with E-state index < -0.39 is 0 Å². The summed E-state index contributed by atoms with van der Waals surface area (Å²) in [4.78, 5) is 11.9. The molecule has 0 spiro atoms. The van der Waals surface area contributed by atoms with Crippen LogP contribution < -0.4 is 11.1 Å². The Morgan fingerprint density at radius 2 is 2.25 bits per heavy atom. The number of benzene rings is 1. The van der Waals surface area contributed by atoms with Gasteiger partial charge in [0, 0.05) is 17.2 Å². The van der Waals surface area contributed by atoms with Crippen LogP contribution in [0.15, 0.2) is 41.1 Å². The van der Waals surface area contributed by atoms with Gasteiger partial charge in [-0.05, 0) is 37.6 Å². The number of aromatic nitrogens is 2. The van der Waals surface area contributed by atoms with E-state index in [4.69, 9.17) is 5.73 Å². The molecule has 0 aliphatic heterocycles. The lowest BCUT2D eigenvalue weighted by atomic mass is 10.3. The van der Waals surface area contributed by atoms with E-state index in [2.05, 4.69) is 26.3 Å². The molecule has 1 aromatic heterocycles. The van der Waals surface area contributed by atoms with Crippen LogP contribution >= 0.6 is 15.9 Å². The van der Waals surface area contributed by atoms with Crippen LogP contribution in [0.25, 0.3) is 5.69 Å². The van der Waals surface area contributed by atoms with Crippen LogP contribution in [0.4, 0.5) is 0 Å². The SMILES string of the molecule is NCCCCNC(=O)c1cnn(-c2cccc(Br)c2)c1. The number of nitrogens with zero attached hydrogens (tertiary/aromatic N) is 2. The Morgan fingerprint density at radius 1 is 1.40 bits per heavy atom. The molecule has 3 N–H and O–H groups in total. The first kappa shape index (κ1) is 14.7. The number of unbranched alkanes of at least 4 members (excludes halogenated alkanes) is 1. The molecule has 1 amide bonds. The quantitative estimate of drug-likeness (QED) is 0.793. The Balaban J connectivity index is 2.00. The molecule has 1 aromatic carbocycles. The van der Waals surface area contributed by atoms with Gasteiger partial charge in [0.25, 0.3) is 5.91 Å². The zero-order valence-corrected chi connectivity index (χ0v) is 12.6. The third-order valence-electron chi connectivity index (χ3n) is 2.83. The number of hydrogen-bond donors (Lipinski definition) is 2. The van der Waals surface area contributed by atoms with Crippen LogP contribution in [0.3, 0.4) is 0 Å². The number of hydrogen-bond acceptors (Lipinski definition) is 3. The number of carbonyl (C=O) groups excluding carboxylic acids is 1. The predicted molar refractivity (Wildman–Crippen MR) is 81.9 cm³/mol. The monoisotopic (exact) mass is 336 g/mol. The number of nitrogens with two attached hydrogens (primary N) is 1. The van der Waals surface area contributed by atoms with Crippen molar-refractivity contribution in [1.82, 2.24) is 15.1 Å². The minimum absolute atomic E-state index is 0.108. The Labute approximate surface area is 126 Å². The van der Waals surface area contributed by atoms with E-state index >= 15 is 0 Å². The minimum atomic E-state index is -0.108. The molecule has 0 fully saturated rings. The second kappa shape index (κ2) is 7.21. The summed E-state index contributed by atoms with van der Waals surface area (Å²) in [6, 6.07) is 7.74. The first-order valence-electron chi connectivity index (χ1n) is 6.49. The third kappa shape index (κ3) is 3.91. The van der Waals surface area contributed by atoms with Gasteiger partial charge in [-0.1, -0.05) is 22.0 Å². The molecule has 0 unspecified atom stereocenters. The van der Waals surface area contributed by atoms with E-state index in [9.17, 15) is 4.79 Å². The number of rotatable bonds is 6. The fraction of sp³-hybridized carbons (Fsp3) is 0.286. The van der Waals surface area contributed by atoms with E-state index in [-0.39, 0.29) is 5.91 Å². The smallest absolute Gasteiger partial charge is 0.254 e. The van der Waals surface area contributed by atoms with Gasteiger partial charge in [-0.25, -0.2) is 4.68 Å². The Kier molecular flexibility index (Phi) is 5.31. The van der Waals surface area contributed by atoms with Crippen molar-refractivity contribution in [3.8, 4) is 5.69 Å². The van der Waals surface area contributed by atoms with Crippen molar-refractivity contribution < 1.29 is 4.79 Å². The fourth-order valence-electron chi connectivity index (χ4n) is 1.77. The molecule has 0 saturated heterocycles. The molecule has 0 aliphatic carbocycles. The van der Waals surface area contributed by atoms with Crippen LogP contribution in [0.2, 0.25) is 0 Å². The summed E-state index contributed by atoms with van der Waals surface area (Å²) in [6.07, 6.45) is 5.10. The number of nitrogens with one attached hydrogen (secondary N) is 1. The molecule has 20 heavy (non-hydrogen) atoms. The summed E-state index contributed by atoms with van der Waals surface area (Å²) in [5, 5.41) is 7.06. The topological polar surface area (TPSA) is 72.9 Å². The summed E-state index contributed by atoms with van der Waals surface area (Å²) in [6.45, 7) is 1.29. The largest absolute Gasteiger partial charge is 0.352 e. The summed E-state index contributed by atoms with van der Waals surface area (Å²) in [5.41, 5.74) is 6.86. The van der Waals surface area contributed by atoms with E-state index in [0.717, 1.165) is 23.0 Å². The molecule has 0 aliphatic rings. The molecule has 0 bridgehead atoms. The standard InChI is InChI=1S/C14H17BrN4O/c15-12-4-3-5-13(8-12)19-10-11(9-18-19)14(20)17-7-2-1-6-16/h3-5,8-10H,1-2,6-7,16H2,(H,17,20). The zero-order chi connectivity index (χ0) is 14.4. The first-order valence-corrected chi connectivity index (χ1v) is 7.29. The Hall–Kier alpha value is -1.66. The zero-order valence-electron chi connectivity index (χ0n) is 11.1. The lowest BCUT2D eigenvalue weighted by Gasteiger charge is -2.02. The van der Waals surface area contributed by atoms with Crippen molar-refractivity contribution in [3.05, 3.63) is 46.7 Å². The molecule has 106 valence electrons. The van der Waals surface area contributed by atoms with Gasteiger partial charge in [-0.3, -0.25) is 4.79 Å². The summed E-state index contributed by atoms with van der Waals surface area (Å²) < 4.78 is 2.65. The predicted octanol–water partition coefficient (Wildman–Crippen LogP) is 2.10. The highest BCUT2D eigenvalue weighted by Crippen LogP contribution is 2.15. The van der Waals surface area contributed by atoms with Crippen molar-refractivity contribution in [1.29, 1.82) is 0 Å². The Morgan fingerprint density at radius 3 is 3.00 bits per heavy atom. The van der Waals surface area contributed by atoms with Crippen molar-refractivity contribution in [2.24, 2.45) is 5.73 Å². The molecule has 2 rings (SSSR count). The molecule has 5 nitrogen and oxygen atoms in total. The Bertz CT molecular complexity index is 582. The van der Waals surface area contributed by atoms with Gasteiger partial charge in [0.2, 0.25) is 0 Å². The molecular formula is C14H17BrN4O. The first-order chi connectivity index (χ1) is 9.70. The van der Waals surface area contributed by atoms with E-state index in [1.54, 1.807) is 17.1 Å². The van der Waals surface area contributed by atoms with Gasteiger partial charge in [-0.2, -0.15) is 5.10 Å². The summed E-state index contributed by atoms with van der Waals surface area (Å²) in [5.74, 6) is -0.108. The second-order valence-corrected chi connectivity index (χ2v) is 5.32. The normalized spacial score (nSPS) is 10.5. The molecule has 1 heterocycles. The highest BCUT2D eigenvalue weighted by molar-refractivity contribution is 9.10. The fourth-order valence-corrected chi connectivity index (χ4v) is 2.16. The highest BCUT2D eigenvalue weighted by Gasteiger charge is 2.08. The van der Waals surface area contributed by atoms with Gasteiger partial charge in [0.05, 0.1) is 17.4 Å². The van der Waals surface area contributed by atoms with Crippen LogP contribution in [-0.4, -0.2) is 28.8 Å². The van der Waals surface area contributed by atoms with Gasteiger partial charge in [0.15, 0.2) is 0 Å². The van der Waals surface area contributed by atoms with Crippen LogP contribution in [0.1, 0.15) is 23.2 Å². The molecule has 6 heteroatoms. The summed E-state index contributed by atoms with van der Waals surface area (Å²) >= 11 is 3.41. The van der Waals surface area contributed by atoms with E-state index in [1.165, 1.54) is 0 Å².